The van der Waals surface area contributed by atoms with Gasteiger partial charge in [-0.3, -0.25) is 0 Å². The first-order chi connectivity index (χ1) is 9.15. The molecule has 0 nitrogen and oxygen atoms in total. The smallest absolute Gasteiger partial charge is 0.0928 e. The van der Waals surface area contributed by atoms with Crippen molar-refractivity contribution in [3.63, 3.8) is 0 Å². The molecule has 1 atom stereocenters. The fraction of sp³-hybridized carbons (Fsp3) is 0.333. The molecule has 0 saturated carbocycles. The fourth-order valence-electron chi connectivity index (χ4n) is 2.56. The number of benzene rings is 1. The van der Waals surface area contributed by atoms with E-state index >= 15 is 0 Å². The average molecular weight is 421 g/mol. The minimum atomic E-state index is -0.0557. The van der Waals surface area contributed by atoms with Crippen LogP contribution in [0.25, 0.3) is 0 Å². The van der Waals surface area contributed by atoms with Crippen molar-refractivity contribution in [1.82, 2.24) is 0 Å². The number of rotatable bonds is 2. The van der Waals surface area contributed by atoms with E-state index in [2.05, 4.69) is 56.1 Å². The van der Waals surface area contributed by atoms with Crippen molar-refractivity contribution in [3.8, 4) is 0 Å². The number of hydrogen-bond donors (Lipinski definition) is 0. The molecule has 0 radical (unpaired) electrons. The van der Waals surface area contributed by atoms with Crippen LogP contribution in [0, 0.1) is 0 Å². The lowest BCUT2D eigenvalue weighted by Crippen LogP contribution is -2.03. The summed E-state index contributed by atoms with van der Waals surface area (Å²) in [5.41, 5.74) is 4.21. The molecular weight excluding hydrogens is 407 g/mol. The summed E-state index contributed by atoms with van der Waals surface area (Å²) in [7, 11) is 0. The second-order valence-corrected chi connectivity index (χ2v) is 8.56. The molecule has 0 amide bonds. The van der Waals surface area contributed by atoms with Gasteiger partial charge in [-0.1, -0.05) is 18.2 Å². The zero-order valence-electron chi connectivity index (χ0n) is 10.3. The molecule has 0 fully saturated rings. The molecule has 1 aliphatic carbocycles. The molecule has 1 heterocycles. The maximum Gasteiger partial charge on any atom is 0.0928 e. The number of aryl methyl sites for hydroxylation is 2. The molecule has 100 valence electrons. The Morgan fingerprint density at radius 3 is 2.47 bits per heavy atom. The van der Waals surface area contributed by atoms with Crippen LogP contribution in [0.5, 0.6) is 0 Å². The van der Waals surface area contributed by atoms with Gasteiger partial charge in [-0.2, -0.15) is 0 Å². The number of alkyl halides is 1. The third-order valence-corrected chi connectivity index (χ3v) is 7.52. The zero-order chi connectivity index (χ0) is 13.4. The van der Waals surface area contributed by atoms with Crippen LogP contribution < -0.4 is 0 Å². The molecule has 3 rings (SSSR count). The third kappa shape index (κ3) is 2.94. The summed E-state index contributed by atoms with van der Waals surface area (Å²) in [5.74, 6) is 0. The molecule has 0 aliphatic heterocycles. The van der Waals surface area contributed by atoms with E-state index in [9.17, 15) is 0 Å². The molecule has 0 spiro atoms. The molecule has 2 aromatic rings. The highest BCUT2D eigenvalue weighted by atomic mass is 79.9. The SMILES string of the molecule is ClC(c1ccc2c(c1)CCCC2)c1cc(Br)c(Br)s1. The van der Waals surface area contributed by atoms with Gasteiger partial charge < -0.3 is 0 Å². The summed E-state index contributed by atoms with van der Waals surface area (Å²) in [6, 6.07) is 8.85. The van der Waals surface area contributed by atoms with Gasteiger partial charge in [-0.25, -0.2) is 0 Å². The van der Waals surface area contributed by atoms with E-state index in [-0.39, 0.29) is 5.38 Å². The minimum absolute atomic E-state index is 0.0557. The molecule has 0 N–H and O–H groups in total. The molecular formula is C15H13Br2ClS. The van der Waals surface area contributed by atoms with Crippen LogP contribution in [0.1, 0.15) is 39.8 Å². The predicted octanol–water partition coefficient (Wildman–Crippen LogP) is 6.48. The first kappa shape index (κ1) is 14.1. The van der Waals surface area contributed by atoms with Crippen LogP contribution in [0.3, 0.4) is 0 Å². The third-order valence-electron chi connectivity index (χ3n) is 3.58. The molecule has 1 aromatic carbocycles. The molecule has 0 saturated heterocycles. The van der Waals surface area contributed by atoms with Crippen molar-refractivity contribution in [1.29, 1.82) is 0 Å². The maximum absolute atomic E-state index is 6.63. The molecule has 19 heavy (non-hydrogen) atoms. The monoisotopic (exact) mass is 418 g/mol. The molecule has 1 aliphatic rings. The van der Waals surface area contributed by atoms with Gasteiger partial charge in [0, 0.05) is 9.35 Å². The minimum Gasteiger partial charge on any atom is -0.130 e. The van der Waals surface area contributed by atoms with Gasteiger partial charge in [-0.05, 0) is 80.3 Å². The second-order valence-electron chi connectivity index (χ2n) is 4.87. The van der Waals surface area contributed by atoms with Crippen molar-refractivity contribution in [2.45, 2.75) is 31.1 Å². The topological polar surface area (TPSA) is 0 Å². The fourth-order valence-corrected chi connectivity index (χ4v) is 4.99. The Morgan fingerprint density at radius 1 is 1.05 bits per heavy atom. The van der Waals surface area contributed by atoms with Crippen molar-refractivity contribution >= 4 is 54.8 Å². The van der Waals surface area contributed by atoms with Crippen LogP contribution in [0.2, 0.25) is 0 Å². The van der Waals surface area contributed by atoms with Crippen LogP contribution >= 0.6 is 54.8 Å². The summed E-state index contributed by atoms with van der Waals surface area (Å²) in [5, 5.41) is -0.0557. The standard InChI is InChI=1S/C15H13Br2ClS/c16-12-8-13(19-15(12)17)14(18)11-6-5-9-3-1-2-4-10(9)7-11/h5-8,14H,1-4H2. The summed E-state index contributed by atoms with van der Waals surface area (Å²) in [6.07, 6.45) is 5.05. The molecule has 1 aromatic heterocycles. The Kier molecular flexibility index (Phi) is 4.37. The van der Waals surface area contributed by atoms with Crippen molar-refractivity contribution in [3.05, 3.63) is 54.1 Å². The Labute approximate surface area is 139 Å². The molecule has 1 unspecified atom stereocenters. The number of halogens is 3. The van der Waals surface area contributed by atoms with E-state index in [1.54, 1.807) is 11.3 Å². The van der Waals surface area contributed by atoms with Crippen molar-refractivity contribution in [2.75, 3.05) is 0 Å². The lowest BCUT2D eigenvalue weighted by atomic mass is 9.90. The molecule has 0 bridgehead atoms. The summed E-state index contributed by atoms with van der Waals surface area (Å²) >= 11 is 15.4. The van der Waals surface area contributed by atoms with Crippen LogP contribution in [-0.2, 0) is 12.8 Å². The lowest BCUT2D eigenvalue weighted by molar-refractivity contribution is 0.684. The highest BCUT2D eigenvalue weighted by Crippen LogP contribution is 2.41. The van der Waals surface area contributed by atoms with Crippen molar-refractivity contribution < 1.29 is 0 Å². The van der Waals surface area contributed by atoms with E-state index in [0.717, 1.165) is 8.26 Å². The summed E-state index contributed by atoms with van der Waals surface area (Å²) in [6.45, 7) is 0. The summed E-state index contributed by atoms with van der Waals surface area (Å²) in [4.78, 5) is 1.18. The Morgan fingerprint density at radius 2 is 1.79 bits per heavy atom. The maximum atomic E-state index is 6.63. The van der Waals surface area contributed by atoms with Gasteiger partial charge in [0.25, 0.3) is 0 Å². The van der Waals surface area contributed by atoms with Crippen molar-refractivity contribution in [2.24, 2.45) is 0 Å². The predicted molar refractivity (Wildman–Crippen MR) is 90.5 cm³/mol. The average Bonchev–Trinajstić information content (AvgIpc) is 2.77. The zero-order valence-corrected chi connectivity index (χ0v) is 15.0. The van der Waals surface area contributed by atoms with Gasteiger partial charge in [0.1, 0.15) is 0 Å². The van der Waals surface area contributed by atoms with Gasteiger partial charge in [0.2, 0.25) is 0 Å². The van der Waals surface area contributed by atoms with E-state index in [1.807, 2.05) is 0 Å². The van der Waals surface area contributed by atoms with E-state index in [4.69, 9.17) is 11.6 Å². The normalized spacial score (nSPS) is 16.2. The van der Waals surface area contributed by atoms with Gasteiger partial charge in [-0.15, -0.1) is 22.9 Å². The largest absolute Gasteiger partial charge is 0.130 e. The van der Waals surface area contributed by atoms with E-state index < -0.39 is 0 Å². The van der Waals surface area contributed by atoms with Gasteiger partial charge >= 0.3 is 0 Å². The quantitative estimate of drug-likeness (QED) is 0.488. The first-order valence-corrected chi connectivity index (χ1v) is 9.19. The van der Waals surface area contributed by atoms with Crippen LogP contribution in [-0.4, -0.2) is 0 Å². The van der Waals surface area contributed by atoms with Gasteiger partial charge in [0.05, 0.1) is 9.16 Å². The lowest BCUT2D eigenvalue weighted by Gasteiger charge is -2.18. The van der Waals surface area contributed by atoms with Gasteiger partial charge in [0.15, 0.2) is 0 Å². The van der Waals surface area contributed by atoms with E-state index in [0.29, 0.717) is 0 Å². The number of fused-ring (bicyclic) bond motifs is 1. The first-order valence-electron chi connectivity index (χ1n) is 6.35. The Hall–Kier alpha value is 0.170. The number of thiophene rings is 1. The summed E-state index contributed by atoms with van der Waals surface area (Å²) < 4.78 is 2.18. The Bertz CT molecular complexity index is 587. The highest BCUT2D eigenvalue weighted by Gasteiger charge is 2.17. The second kappa shape index (κ2) is 5.88. The number of hydrogen-bond acceptors (Lipinski definition) is 1. The van der Waals surface area contributed by atoms with Crippen LogP contribution in [0.4, 0.5) is 0 Å². The highest BCUT2D eigenvalue weighted by molar-refractivity contribution is 9.13. The van der Waals surface area contributed by atoms with E-state index in [1.165, 1.54) is 47.3 Å². The van der Waals surface area contributed by atoms with Crippen LogP contribution in [0.15, 0.2) is 32.5 Å². The Balaban J connectivity index is 1.93. The molecule has 4 heteroatoms.